The van der Waals surface area contributed by atoms with Gasteiger partial charge in [-0.25, -0.2) is 4.99 Å². The Morgan fingerprint density at radius 3 is 2.08 bits per heavy atom. The maximum atomic E-state index is 12.0. The minimum atomic E-state index is -1.24. The molecular formula is C23H23NO2. The van der Waals surface area contributed by atoms with Crippen LogP contribution in [0.3, 0.4) is 0 Å². The van der Waals surface area contributed by atoms with Crippen LogP contribution in [0.4, 0.5) is 0 Å². The van der Waals surface area contributed by atoms with E-state index in [1.807, 2.05) is 78.9 Å². The molecule has 1 N–H and O–H groups in total. The number of hydrogen-bond acceptors (Lipinski definition) is 3. The van der Waals surface area contributed by atoms with Crippen LogP contribution in [0.2, 0.25) is 0 Å². The Morgan fingerprint density at radius 1 is 1.00 bits per heavy atom. The van der Waals surface area contributed by atoms with Gasteiger partial charge in [-0.3, -0.25) is 0 Å². The Balaban J connectivity index is 1.83. The van der Waals surface area contributed by atoms with Gasteiger partial charge in [-0.15, -0.1) is 0 Å². The van der Waals surface area contributed by atoms with Crippen molar-refractivity contribution in [3.05, 3.63) is 95.6 Å². The zero-order chi connectivity index (χ0) is 18.2. The normalized spacial score (nSPS) is 21.3. The Kier molecular flexibility index (Phi) is 4.04. The van der Waals surface area contributed by atoms with Gasteiger partial charge in [-0.1, -0.05) is 78.9 Å². The van der Waals surface area contributed by atoms with Gasteiger partial charge in [0.15, 0.2) is 5.90 Å². The molecule has 1 aliphatic carbocycles. The van der Waals surface area contributed by atoms with Crippen molar-refractivity contribution in [2.75, 3.05) is 6.61 Å². The quantitative estimate of drug-likeness (QED) is 0.900. The first kappa shape index (κ1) is 16.8. The maximum Gasteiger partial charge on any atom is 0.195 e. The van der Waals surface area contributed by atoms with Crippen molar-refractivity contribution >= 4 is 5.90 Å². The number of benzene rings is 2. The van der Waals surface area contributed by atoms with Gasteiger partial charge in [-0.2, -0.15) is 0 Å². The highest BCUT2D eigenvalue weighted by atomic mass is 16.5. The average Bonchev–Trinajstić information content (AvgIpc) is 3.29. The maximum absolute atomic E-state index is 12.0. The summed E-state index contributed by atoms with van der Waals surface area (Å²) >= 11 is 0. The molecule has 0 saturated carbocycles. The fourth-order valence-electron chi connectivity index (χ4n) is 3.67. The molecule has 0 bridgehead atoms. The first-order valence-corrected chi connectivity index (χ1v) is 8.95. The molecule has 26 heavy (non-hydrogen) atoms. The molecule has 0 saturated heterocycles. The number of rotatable bonds is 4. The van der Waals surface area contributed by atoms with Crippen LogP contribution in [0.15, 0.2) is 89.5 Å². The minimum Gasteiger partial charge on any atom is -0.478 e. The van der Waals surface area contributed by atoms with Gasteiger partial charge in [-0.05, 0) is 30.5 Å². The molecule has 1 atom stereocenters. The van der Waals surface area contributed by atoms with Crippen molar-refractivity contribution in [2.24, 2.45) is 10.9 Å². The third kappa shape index (κ3) is 2.78. The summed E-state index contributed by atoms with van der Waals surface area (Å²) in [6.07, 6.45) is 6.02. The molecule has 0 aromatic heterocycles. The van der Waals surface area contributed by atoms with Crippen LogP contribution >= 0.6 is 0 Å². The molecule has 0 amide bonds. The third-order valence-electron chi connectivity index (χ3n) is 4.97. The fourth-order valence-corrected chi connectivity index (χ4v) is 3.67. The van der Waals surface area contributed by atoms with E-state index in [-0.39, 0.29) is 11.5 Å². The van der Waals surface area contributed by atoms with E-state index in [2.05, 4.69) is 13.8 Å². The zero-order valence-electron chi connectivity index (χ0n) is 15.1. The van der Waals surface area contributed by atoms with Crippen molar-refractivity contribution < 1.29 is 9.84 Å². The fraction of sp³-hybridized carbons (Fsp3) is 0.261. The summed E-state index contributed by atoms with van der Waals surface area (Å²) in [6, 6.07) is 19.6. The first-order chi connectivity index (χ1) is 12.5. The molecule has 3 nitrogen and oxygen atoms in total. The number of ether oxygens (including phenoxy) is 1. The molecule has 4 rings (SSSR count). The SMILES string of the molecule is CC1(C)COC(C2C=CC=C2C(O)(c2ccccc2)c2ccccc2)=N1. The molecule has 1 heterocycles. The van der Waals surface area contributed by atoms with Gasteiger partial charge in [0.1, 0.15) is 12.2 Å². The number of aliphatic hydroxyl groups is 1. The molecule has 132 valence electrons. The van der Waals surface area contributed by atoms with Crippen LogP contribution in [-0.2, 0) is 10.3 Å². The molecule has 2 aliphatic rings. The predicted molar refractivity (Wildman–Crippen MR) is 104 cm³/mol. The van der Waals surface area contributed by atoms with Crippen LogP contribution in [0.25, 0.3) is 0 Å². The number of hydrogen-bond donors (Lipinski definition) is 1. The Hall–Kier alpha value is -2.65. The molecule has 1 unspecified atom stereocenters. The summed E-state index contributed by atoms with van der Waals surface area (Å²) in [5, 5.41) is 12.0. The van der Waals surface area contributed by atoms with E-state index in [1.54, 1.807) is 0 Å². The van der Waals surface area contributed by atoms with E-state index in [0.717, 1.165) is 16.7 Å². The Bertz CT molecular complexity index is 839. The van der Waals surface area contributed by atoms with E-state index >= 15 is 0 Å². The molecule has 0 radical (unpaired) electrons. The highest BCUT2D eigenvalue weighted by molar-refractivity contribution is 5.87. The van der Waals surface area contributed by atoms with Crippen LogP contribution in [0, 0.1) is 5.92 Å². The van der Waals surface area contributed by atoms with Crippen molar-refractivity contribution in [2.45, 2.75) is 25.0 Å². The second kappa shape index (κ2) is 6.26. The monoisotopic (exact) mass is 345 g/mol. The predicted octanol–water partition coefficient (Wildman–Crippen LogP) is 4.24. The summed E-state index contributed by atoms with van der Waals surface area (Å²) in [4.78, 5) is 4.74. The second-order valence-electron chi connectivity index (χ2n) is 7.48. The lowest BCUT2D eigenvalue weighted by atomic mass is 9.76. The van der Waals surface area contributed by atoms with Gasteiger partial charge in [0.25, 0.3) is 0 Å². The number of aliphatic imine (C=N–C) groups is 1. The van der Waals surface area contributed by atoms with Crippen LogP contribution < -0.4 is 0 Å². The lowest BCUT2D eigenvalue weighted by Gasteiger charge is -2.34. The zero-order valence-corrected chi connectivity index (χ0v) is 15.1. The van der Waals surface area contributed by atoms with Crippen molar-refractivity contribution in [3.63, 3.8) is 0 Å². The van der Waals surface area contributed by atoms with Gasteiger partial charge in [0, 0.05) is 0 Å². The van der Waals surface area contributed by atoms with Crippen LogP contribution in [-0.4, -0.2) is 23.2 Å². The van der Waals surface area contributed by atoms with E-state index in [9.17, 15) is 5.11 Å². The topological polar surface area (TPSA) is 41.8 Å². The van der Waals surface area contributed by atoms with Gasteiger partial charge in [0.05, 0.1) is 11.5 Å². The standard InChI is InChI=1S/C23H23NO2/c1-22(2)16-26-21(24-22)19-14-9-15-20(19)23(25,17-10-5-3-6-11-17)18-12-7-4-8-13-18/h3-15,19,25H,16H2,1-2H3. The molecule has 2 aromatic rings. The van der Waals surface area contributed by atoms with Gasteiger partial charge >= 0.3 is 0 Å². The molecule has 0 fully saturated rings. The van der Waals surface area contributed by atoms with Crippen LogP contribution in [0.1, 0.15) is 25.0 Å². The summed E-state index contributed by atoms with van der Waals surface area (Å²) < 4.78 is 5.90. The summed E-state index contributed by atoms with van der Waals surface area (Å²) in [7, 11) is 0. The molecule has 3 heteroatoms. The summed E-state index contributed by atoms with van der Waals surface area (Å²) in [5.74, 6) is 0.516. The minimum absolute atomic E-state index is 0.165. The highest BCUT2D eigenvalue weighted by Gasteiger charge is 2.43. The lowest BCUT2D eigenvalue weighted by molar-refractivity contribution is 0.114. The Labute approximate surface area is 154 Å². The van der Waals surface area contributed by atoms with Gasteiger partial charge in [0.2, 0.25) is 0 Å². The highest BCUT2D eigenvalue weighted by Crippen LogP contribution is 2.44. The number of allylic oxidation sites excluding steroid dienone is 2. The molecule has 1 aliphatic heterocycles. The number of nitrogens with zero attached hydrogens (tertiary/aromatic N) is 1. The molecule has 2 aromatic carbocycles. The van der Waals surface area contributed by atoms with E-state index in [1.165, 1.54) is 0 Å². The Morgan fingerprint density at radius 2 is 1.58 bits per heavy atom. The first-order valence-electron chi connectivity index (χ1n) is 8.95. The molecular weight excluding hydrogens is 322 g/mol. The average molecular weight is 345 g/mol. The second-order valence-corrected chi connectivity index (χ2v) is 7.48. The van der Waals surface area contributed by atoms with E-state index in [4.69, 9.17) is 9.73 Å². The van der Waals surface area contributed by atoms with Gasteiger partial charge < -0.3 is 9.84 Å². The van der Waals surface area contributed by atoms with Crippen molar-refractivity contribution in [1.29, 1.82) is 0 Å². The largest absolute Gasteiger partial charge is 0.478 e. The van der Waals surface area contributed by atoms with Crippen LogP contribution in [0.5, 0.6) is 0 Å². The van der Waals surface area contributed by atoms with E-state index < -0.39 is 5.60 Å². The summed E-state index contributed by atoms with van der Waals surface area (Å²) in [5.41, 5.74) is 1.07. The van der Waals surface area contributed by atoms with Crippen molar-refractivity contribution in [3.8, 4) is 0 Å². The lowest BCUT2D eigenvalue weighted by Crippen LogP contribution is -2.34. The van der Waals surface area contributed by atoms with E-state index in [0.29, 0.717) is 12.5 Å². The smallest absolute Gasteiger partial charge is 0.195 e. The molecule has 0 spiro atoms. The summed E-state index contributed by atoms with van der Waals surface area (Å²) in [6.45, 7) is 4.68. The van der Waals surface area contributed by atoms with Crippen molar-refractivity contribution in [1.82, 2.24) is 0 Å². The third-order valence-corrected chi connectivity index (χ3v) is 4.97.